The first-order chi connectivity index (χ1) is 10.8. The van der Waals surface area contributed by atoms with E-state index in [0.717, 1.165) is 51.7 Å². The van der Waals surface area contributed by atoms with Gasteiger partial charge in [-0.2, -0.15) is 5.06 Å². The molecule has 132 valence electrons. The van der Waals surface area contributed by atoms with Gasteiger partial charge in [-0.25, -0.2) is 0 Å². The molecule has 2 fully saturated rings. The van der Waals surface area contributed by atoms with E-state index in [-0.39, 0.29) is 16.5 Å². The molecule has 0 radical (unpaired) electrons. The van der Waals surface area contributed by atoms with E-state index in [1.807, 2.05) is 0 Å². The van der Waals surface area contributed by atoms with Gasteiger partial charge in [-0.3, -0.25) is 0 Å². The number of hydrogen-bond acceptors (Lipinski definition) is 4. The molecule has 3 aliphatic rings. The molecule has 0 aromatic carbocycles. The Labute approximate surface area is 140 Å². The van der Waals surface area contributed by atoms with Gasteiger partial charge in [0.05, 0.1) is 18.8 Å². The van der Waals surface area contributed by atoms with Gasteiger partial charge in [-0.05, 0) is 46.0 Å². The lowest BCUT2D eigenvalue weighted by molar-refractivity contribution is -0.378. The van der Waals surface area contributed by atoms with Crippen LogP contribution in [-0.4, -0.2) is 40.3 Å². The summed E-state index contributed by atoms with van der Waals surface area (Å²) in [4.78, 5) is 0. The average molecular weight is 323 g/mol. The number of piperidine rings is 1. The Morgan fingerprint density at radius 1 is 1.04 bits per heavy atom. The zero-order valence-electron chi connectivity index (χ0n) is 15.2. The van der Waals surface area contributed by atoms with Gasteiger partial charge in [-0.1, -0.05) is 26.0 Å². The summed E-state index contributed by atoms with van der Waals surface area (Å²) in [7, 11) is 0. The first-order valence-corrected chi connectivity index (χ1v) is 9.23. The molecule has 2 saturated heterocycles. The SMILES string of the molecule is CCC1(CC)CC2(CC(C)(C)N1O)OCC1(CC=CCC1)CO2. The summed E-state index contributed by atoms with van der Waals surface area (Å²) in [5, 5.41) is 12.4. The summed E-state index contributed by atoms with van der Waals surface area (Å²) in [5.74, 6) is -0.541. The molecule has 2 spiro atoms. The van der Waals surface area contributed by atoms with Crippen molar-refractivity contribution in [1.29, 1.82) is 0 Å². The van der Waals surface area contributed by atoms with Crippen LogP contribution in [-0.2, 0) is 9.47 Å². The Morgan fingerprint density at radius 2 is 1.70 bits per heavy atom. The molecule has 0 unspecified atom stereocenters. The van der Waals surface area contributed by atoms with E-state index in [0.29, 0.717) is 6.42 Å². The molecule has 0 amide bonds. The summed E-state index contributed by atoms with van der Waals surface area (Å²) in [6, 6.07) is 0. The normalized spacial score (nSPS) is 31.5. The lowest BCUT2D eigenvalue weighted by Crippen LogP contribution is -2.68. The van der Waals surface area contributed by atoms with Crippen LogP contribution in [0.4, 0.5) is 0 Å². The lowest BCUT2D eigenvalue weighted by Gasteiger charge is -2.60. The monoisotopic (exact) mass is 323 g/mol. The maximum atomic E-state index is 10.8. The molecule has 0 saturated carbocycles. The van der Waals surface area contributed by atoms with Crippen molar-refractivity contribution in [3.05, 3.63) is 12.2 Å². The number of hydrogen-bond donors (Lipinski definition) is 1. The summed E-state index contributed by atoms with van der Waals surface area (Å²) in [6.45, 7) is 10.0. The van der Waals surface area contributed by atoms with Crippen molar-refractivity contribution in [1.82, 2.24) is 5.06 Å². The molecule has 0 bridgehead atoms. The second-order valence-corrected chi connectivity index (χ2v) is 8.61. The van der Waals surface area contributed by atoms with Gasteiger partial charge in [0.1, 0.15) is 0 Å². The fourth-order valence-electron chi connectivity index (χ4n) is 4.88. The molecule has 4 heteroatoms. The third kappa shape index (κ3) is 2.88. The number of allylic oxidation sites excluding steroid dienone is 2. The summed E-state index contributed by atoms with van der Waals surface area (Å²) in [6.07, 6.45) is 11.1. The molecule has 4 nitrogen and oxygen atoms in total. The van der Waals surface area contributed by atoms with Crippen molar-refractivity contribution in [2.45, 2.75) is 89.5 Å². The molecule has 1 N–H and O–H groups in total. The van der Waals surface area contributed by atoms with Crippen molar-refractivity contribution >= 4 is 0 Å². The Balaban J connectivity index is 1.81. The molecule has 0 atom stereocenters. The highest BCUT2D eigenvalue weighted by Gasteiger charge is 2.58. The first-order valence-electron chi connectivity index (χ1n) is 9.23. The second-order valence-electron chi connectivity index (χ2n) is 8.61. The standard InChI is InChI=1S/C19H33NO3/c1-5-18(6-2)13-19(12-16(3,4)20(18)21)22-14-17(15-23-19)10-8-7-9-11-17/h7-8,21H,5-6,9-15H2,1-4H3. The fourth-order valence-corrected chi connectivity index (χ4v) is 4.88. The average Bonchev–Trinajstić information content (AvgIpc) is 2.55. The predicted octanol–water partition coefficient (Wildman–Crippen LogP) is 4.28. The van der Waals surface area contributed by atoms with E-state index in [2.05, 4.69) is 39.8 Å². The molecular weight excluding hydrogens is 290 g/mol. The Kier molecular flexibility index (Phi) is 4.41. The van der Waals surface area contributed by atoms with Gasteiger partial charge in [0, 0.05) is 23.8 Å². The maximum Gasteiger partial charge on any atom is 0.172 e. The largest absolute Gasteiger partial charge is 0.349 e. The van der Waals surface area contributed by atoms with E-state index in [4.69, 9.17) is 9.47 Å². The zero-order chi connectivity index (χ0) is 16.8. The quantitative estimate of drug-likeness (QED) is 0.770. The van der Waals surface area contributed by atoms with Gasteiger partial charge in [0.2, 0.25) is 0 Å². The summed E-state index contributed by atoms with van der Waals surface area (Å²) in [5.41, 5.74) is -0.443. The van der Waals surface area contributed by atoms with E-state index in [1.165, 1.54) is 0 Å². The number of hydroxylamine groups is 2. The number of rotatable bonds is 2. The van der Waals surface area contributed by atoms with Crippen LogP contribution in [0.15, 0.2) is 12.2 Å². The van der Waals surface area contributed by atoms with E-state index >= 15 is 0 Å². The minimum atomic E-state index is -0.541. The first kappa shape index (κ1) is 17.4. The van der Waals surface area contributed by atoms with E-state index in [9.17, 15) is 5.21 Å². The molecule has 1 aliphatic carbocycles. The third-order valence-electron chi connectivity index (χ3n) is 6.48. The summed E-state index contributed by atoms with van der Waals surface area (Å²) >= 11 is 0. The molecule has 2 heterocycles. The van der Waals surface area contributed by atoms with Crippen LogP contribution in [0.5, 0.6) is 0 Å². The molecular formula is C19H33NO3. The van der Waals surface area contributed by atoms with Crippen LogP contribution in [0.1, 0.15) is 72.6 Å². The van der Waals surface area contributed by atoms with Gasteiger partial charge in [0.15, 0.2) is 5.79 Å². The van der Waals surface area contributed by atoms with Gasteiger partial charge in [-0.15, -0.1) is 0 Å². The highest BCUT2D eigenvalue weighted by Crippen LogP contribution is 2.51. The zero-order valence-corrected chi connectivity index (χ0v) is 15.2. The van der Waals surface area contributed by atoms with Crippen molar-refractivity contribution in [2.75, 3.05) is 13.2 Å². The number of nitrogens with zero attached hydrogens (tertiary/aromatic N) is 1. The fraction of sp³-hybridized carbons (Fsp3) is 0.895. The molecule has 0 aromatic rings. The maximum absolute atomic E-state index is 10.8. The highest BCUT2D eigenvalue weighted by atomic mass is 16.7. The smallest absolute Gasteiger partial charge is 0.172 e. The molecule has 2 aliphatic heterocycles. The van der Waals surface area contributed by atoms with Crippen LogP contribution in [0, 0.1) is 5.41 Å². The van der Waals surface area contributed by atoms with E-state index in [1.54, 1.807) is 5.06 Å². The molecule has 23 heavy (non-hydrogen) atoms. The lowest BCUT2D eigenvalue weighted by atomic mass is 9.72. The van der Waals surface area contributed by atoms with Gasteiger partial charge < -0.3 is 14.7 Å². The van der Waals surface area contributed by atoms with Crippen LogP contribution in [0.25, 0.3) is 0 Å². The molecule has 0 aromatic heterocycles. The Hall–Kier alpha value is -0.420. The third-order valence-corrected chi connectivity index (χ3v) is 6.48. The van der Waals surface area contributed by atoms with Crippen molar-refractivity contribution in [2.24, 2.45) is 5.41 Å². The second kappa shape index (κ2) is 5.83. The van der Waals surface area contributed by atoms with Crippen molar-refractivity contribution in [3.8, 4) is 0 Å². The predicted molar refractivity (Wildman–Crippen MR) is 90.3 cm³/mol. The summed E-state index contributed by atoms with van der Waals surface area (Å²) < 4.78 is 12.9. The highest BCUT2D eigenvalue weighted by molar-refractivity contribution is 5.06. The topological polar surface area (TPSA) is 41.9 Å². The van der Waals surface area contributed by atoms with Crippen molar-refractivity contribution in [3.63, 3.8) is 0 Å². The Morgan fingerprint density at radius 3 is 2.22 bits per heavy atom. The number of ether oxygens (including phenoxy) is 2. The minimum Gasteiger partial charge on any atom is -0.349 e. The van der Waals surface area contributed by atoms with Gasteiger partial charge >= 0.3 is 0 Å². The van der Waals surface area contributed by atoms with Crippen LogP contribution >= 0.6 is 0 Å². The van der Waals surface area contributed by atoms with Gasteiger partial charge in [0.25, 0.3) is 0 Å². The van der Waals surface area contributed by atoms with Crippen LogP contribution in [0.2, 0.25) is 0 Å². The minimum absolute atomic E-state index is 0.168. The molecule has 3 rings (SSSR count). The van der Waals surface area contributed by atoms with Crippen LogP contribution in [0.3, 0.4) is 0 Å². The van der Waals surface area contributed by atoms with E-state index < -0.39 is 5.79 Å². The van der Waals surface area contributed by atoms with Crippen molar-refractivity contribution < 1.29 is 14.7 Å². The Bertz CT molecular complexity index is 459. The van der Waals surface area contributed by atoms with Crippen LogP contribution < -0.4 is 0 Å².